The molecule has 0 fully saturated rings. The lowest BCUT2D eigenvalue weighted by Gasteiger charge is -2.06. The molecule has 0 N–H and O–H groups in total. The quantitative estimate of drug-likeness (QED) is 0.598. The van der Waals surface area contributed by atoms with Crippen molar-refractivity contribution in [2.45, 2.75) is 9.79 Å². The molecule has 0 atom stereocenters. The number of carbonyl (C=O) groups excluding carboxylic acids is 3. The van der Waals surface area contributed by atoms with Gasteiger partial charge in [-0.15, -0.1) is 0 Å². The van der Waals surface area contributed by atoms with Gasteiger partial charge >= 0.3 is 17.9 Å². The van der Waals surface area contributed by atoms with Crippen molar-refractivity contribution in [3.05, 3.63) is 65.2 Å². The average Bonchev–Trinajstić information content (AvgIpc) is 3.03. The van der Waals surface area contributed by atoms with Crippen LogP contribution in [0.4, 0.5) is 0 Å². The lowest BCUT2D eigenvalue weighted by molar-refractivity contribution is 0.0443. The molecule has 0 amide bonds. The maximum atomic E-state index is 12.8. The standard InChI is InChI=1S/C17H8O7S/c1-8-13-6-9(2-4-11(13)15(18)23-8)25(21,22)10-3-5-12-14(7-10)17(20)24-16(12)19/h2-7H,1H2. The van der Waals surface area contributed by atoms with Crippen LogP contribution in [0.2, 0.25) is 0 Å². The highest BCUT2D eigenvalue weighted by atomic mass is 32.2. The van der Waals surface area contributed by atoms with E-state index < -0.39 is 27.7 Å². The maximum absolute atomic E-state index is 12.8. The van der Waals surface area contributed by atoms with Crippen LogP contribution in [0.1, 0.15) is 36.6 Å². The van der Waals surface area contributed by atoms with Crippen LogP contribution in [0.25, 0.3) is 5.76 Å². The zero-order valence-corrected chi connectivity index (χ0v) is 13.3. The first kappa shape index (κ1) is 15.3. The molecule has 0 saturated heterocycles. The lowest BCUT2D eigenvalue weighted by Crippen LogP contribution is -2.05. The van der Waals surface area contributed by atoms with E-state index in [0.717, 1.165) is 6.07 Å². The average molecular weight is 356 g/mol. The summed E-state index contributed by atoms with van der Waals surface area (Å²) < 4.78 is 35.0. The Labute approximate surface area is 141 Å². The molecule has 2 aromatic carbocycles. The maximum Gasteiger partial charge on any atom is 0.346 e. The van der Waals surface area contributed by atoms with E-state index in [1.54, 1.807) is 0 Å². The van der Waals surface area contributed by atoms with Crippen LogP contribution >= 0.6 is 0 Å². The third-order valence-corrected chi connectivity index (χ3v) is 5.71. The Kier molecular flexibility index (Phi) is 2.98. The number of hydrogen-bond donors (Lipinski definition) is 0. The Morgan fingerprint density at radius 2 is 1.16 bits per heavy atom. The molecule has 0 unspecified atom stereocenters. The van der Waals surface area contributed by atoms with Crippen LogP contribution in [0.3, 0.4) is 0 Å². The van der Waals surface area contributed by atoms with Gasteiger partial charge in [0.15, 0.2) is 0 Å². The second-order valence-corrected chi connectivity index (χ2v) is 7.36. The smallest absolute Gasteiger partial charge is 0.346 e. The first-order valence-corrected chi connectivity index (χ1v) is 8.48. The summed E-state index contributed by atoms with van der Waals surface area (Å²) in [5, 5.41) is 0. The molecule has 0 aromatic heterocycles. The van der Waals surface area contributed by atoms with Gasteiger partial charge in [-0.3, -0.25) is 0 Å². The van der Waals surface area contributed by atoms with Crippen molar-refractivity contribution < 1.29 is 32.3 Å². The number of esters is 3. The molecule has 2 heterocycles. The molecular formula is C17H8O7S. The van der Waals surface area contributed by atoms with Gasteiger partial charge in [-0.25, -0.2) is 22.8 Å². The molecule has 0 aliphatic carbocycles. The molecule has 25 heavy (non-hydrogen) atoms. The van der Waals surface area contributed by atoms with Crippen LogP contribution in [0.5, 0.6) is 0 Å². The molecule has 7 nitrogen and oxygen atoms in total. The van der Waals surface area contributed by atoms with Crippen molar-refractivity contribution in [3.8, 4) is 0 Å². The minimum atomic E-state index is -3.99. The highest BCUT2D eigenvalue weighted by Crippen LogP contribution is 2.33. The zero-order chi connectivity index (χ0) is 17.9. The molecule has 0 bridgehead atoms. The van der Waals surface area contributed by atoms with E-state index >= 15 is 0 Å². The molecule has 0 saturated carbocycles. The Morgan fingerprint density at radius 1 is 0.680 bits per heavy atom. The second-order valence-electron chi connectivity index (χ2n) is 5.41. The summed E-state index contributed by atoms with van der Waals surface area (Å²) in [6.45, 7) is 3.57. The summed E-state index contributed by atoms with van der Waals surface area (Å²) in [6.07, 6.45) is 0. The molecule has 2 aromatic rings. The minimum Gasteiger partial charge on any atom is -0.423 e. The minimum absolute atomic E-state index is 0.0188. The van der Waals surface area contributed by atoms with E-state index in [2.05, 4.69) is 11.3 Å². The van der Waals surface area contributed by atoms with E-state index in [0.29, 0.717) is 5.56 Å². The third kappa shape index (κ3) is 2.11. The van der Waals surface area contributed by atoms with Gasteiger partial charge in [0.25, 0.3) is 0 Å². The van der Waals surface area contributed by atoms with E-state index in [1.807, 2.05) is 0 Å². The number of ether oxygens (including phenoxy) is 2. The first-order valence-electron chi connectivity index (χ1n) is 7.00. The van der Waals surface area contributed by atoms with Crippen LogP contribution in [-0.4, -0.2) is 26.3 Å². The molecule has 2 aliphatic rings. The van der Waals surface area contributed by atoms with Gasteiger partial charge in [-0.1, -0.05) is 6.58 Å². The summed E-state index contributed by atoms with van der Waals surface area (Å²) in [7, 11) is -3.99. The third-order valence-electron chi connectivity index (χ3n) is 3.96. The SMILES string of the molecule is C=C1OC(=O)c2ccc(S(=O)(=O)c3ccc4c(c3)C(=O)OC4=O)cc21. The van der Waals surface area contributed by atoms with Gasteiger partial charge in [0.1, 0.15) is 5.76 Å². The molecule has 0 spiro atoms. The Balaban J connectivity index is 1.84. The van der Waals surface area contributed by atoms with Crippen LogP contribution in [0.15, 0.2) is 52.8 Å². The van der Waals surface area contributed by atoms with Gasteiger partial charge in [0.05, 0.1) is 26.5 Å². The van der Waals surface area contributed by atoms with Crippen LogP contribution in [-0.2, 0) is 19.3 Å². The van der Waals surface area contributed by atoms with Crippen molar-refractivity contribution in [3.63, 3.8) is 0 Å². The Bertz CT molecular complexity index is 1040. The summed E-state index contributed by atoms with van der Waals surface area (Å²) in [5.74, 6) is -2.23. The fraction of sp³-hybridized carbons (Fsp3) is 0. The number of rotatable bonds is 2. The van der Waals surface area contributed by atoms with Gasteiger partial charge in [-0.05, 0) is 36.4 Å². The van der Waals surface area contributed by atoms with Crippen molar-refractivity contribution in [1.82, 2.24) is 0 Å². The van der Waals surface area contributed by atoms with Gasteiger partial charge in [0, 0.05) is 5.56 Å². The number of fused-ring (bicyclic) bond motifs is 2. The number of hydrogen-bond acceptors (Lipinski definition) is 7. The van der Waals surface area contributed by atoms with Gasteiger partial charge in [0.2, 0.25) is 9.84 Å². The highest BCUT2D eigenvalue weighted by Gasteiger charge is 2.33. The monoisotopic (exact) mass is 356 g/mol. The fourth-order valence-corrected chi connectivity index (χ4v) is 4.00. The van der Waals surface area contributed by atoms with E-state index in [1.165, 1.54) is 30.3 Å². The molecule has 8 heteroatoms. The molecular weight excluding hydrogens is 348 g/mol. The Hall–Kier alpha value is -3.26. The second kappa shape index (κ2) is 4.87. The predicted octanol–water partition coefficient (Wildman–Crippen LogP) is 1.97. The van der Waals surface area contributed by atoms with Crippen molar-refractivity contribution in [2.24, 2.45) is 0 Å². The molecule has 2 aliphatic heterocycles. The largest absolute Gasteiger partial charge is 0.423 e. The zero-order valence-electron chi connectivity index (χ0n) is 12.4. The number of carbonyl (C=O) groups is 3. The van der Waals surface area contributed by atoms with E-state index in [9.17, 15) is 22.8 Å². The van der Waals surface area contributed by atoms with Crippen molar-refractivity contribution in [1.29, 1.82) is 0 Å². The number of sulfone groups is 1. The van der Waals surface area contributed by atoms with Crippen LogP contribution < -0.4 is 0 Å². The lowest BCUT2D eigenvalue weighted by atomic mass is 10.1. The molecule has 0 radical (unpaired) electrons. The summed E-state index contributed by atoms with van der Waals surface area (Å²) in [6, 6.07) is 7.45. The first-order chi connectivity index (χ1) is 11.8. The molecule has 4 rings (SSSR count). The van der Waals surface area contributed by atoms with E-state index in [4.69, 9.17) is 4.74 Å². The van der Waals surface area contributed by atoms with Crippen molar-refractivity contribution >= 4 is 33.5 Å². The normalized spacial score (nSPS) is 15.7. The fourth-order valence-electron chi connectivity index (χ4n) is 2.69. The number of benzene rings is 2. The van der Waals surface area contributed by atoms with Crippen LogP contribution in [0, 0.1) is 0 Å². The van der Waals surface area contributed by atoms with Crippen molar-refractivity contribution in [2.75, 3.05) is 0 Å². The van der Waals surface area contributed by atoms with E-state index in [-0.39, 0.29) is 32.2 Å². The summed E-state index contributed by atoms with van der Waals surface area (Å²) in [4.78, 5) is 34.4. The topological polar surface area (TPSA) is 104 Å². The van der Waals surface area contributed by atoms with Gasteiger partial charge < -0.3 is 9.47 Å². The predicted molar refractivity (Wildman–Crippen MR) is 82.5 cm³/mol. The number of cyclic esters (lactones) is 3. The molecule has 124 valence electrons. The summed E-state index contributed by atoms with van der Waals surface area (Å²) >= 11 is 0. The summed E-state index contributed by atoms with van der Waals surface area (Å²) in [5.41, 5.74) is 0.439. The van der Waals surface area contributed by atoms with Gasteiger partial charge in [-0.2, -0.15) is 0 Å². The Morgan fingerprint density at radius 3 is 1.80 bits per heavy atom. The highest BCUT2D eigenvalue weighted by molar-refractivity contribution is 7.91.